The maximum Gasteiger partial charge on any atom is 0.253 e. The Morgan fingerprint density at radius 3 is 2.50 bits per heavy atom. The smallest absolute Gasteiger partial charge is 0.253 e. The molecule has 0 saturated carbocycles. The van der Waals surface area contributed by atoms with E-state index in [1.54, 1.807) is 12.1 Å². The number of carbonyl (C=O) groups excluding carboxylic acids is 1. The first-order valence-electron chi connectivity index (χ1n) is 5.81. The van der Waals surface area contributed by atoms with Crippen LogP contribution in [0.5, 0.6) is 0 Å². The van der Waals surface area contributed by atoms with Gasteiger partial charge in [0.2, 0.25) is 0 Å². The van der Waals surface area contributed by atoms with Gasteiger partial charge in [-0.1, -0.05) is 57.3 Å². The van der Waals surface area contributed by atoms with Crippen LogP contribution < -0.4 is 5.32 Å². The van der Waals surface area contributed by atoms with E-state index in [4.69, 9.17) is 11.6 Å². The van der Waals surface area contributed by atoms with Crippen LogP contribution in [0.4, 0.5) is 0 Å². The van der Waals surface area contributed by atoms with Crippen molar-refractivity contribution in [3.8, 4) is 0 Å². The standard InChI is InChI=1S/C13H16Br2ClNO/c1-3-13(4-2,8-14)17-12(18)10-7-9(15)5-6-11(10)16/h5-7H,3-4,8H2,1-2H3,(H,17,18). The average molecular weight is 398 g/mol. The molecule has 5 heteroatoms. The van der Waals surface area contributed by atoms with Gasteiger partial charge >= 0.3 is 0 Å². The Morgan fingerprint density at radius 1 is 1.39 bits per heavy atom. The van der Waals surface area contributed by atoms with Gasteiger partial charge in [-0.15, -0.1) is 0 Å². The molecule has 0 aliphatic heterocycles. The maximum atomic E-state index is 12.3. The molecule has 0 heterocycles. The van der Waals surface area contributed by atoms with Crippen LogP contribution in [0.25, 0.3) is 0 Å². The van der Waals surface area contributed by atoms with E-state index >= 15 is 0 Å². The minimum absolute atomic E-state index is 0.135. The van der Waals surface area contributed by atoms with Crippen molar-refractivity contribution in [2.45, 2.75) is 32.2 Å². The third-order valence-corrected chi connectivity index (χ3v) is 5.06. The molecular weight excluding hydrogens is 381 g/mol. The zero-order valence-electron chi connectivity index (χ0n) is 10.4. The van der Waals surface area contributed by atoms with Gasteiger partial charge in [0, 0.05) is 15.3 Å². The average Bonchev–Trinajstić information content (AvgIpc) is 2.38. The van der Waals surface area contributed by atoms with E-state index in [0.29, 0.717) is 10.6 Å². The van der Waals surface area contributed by atoms with E-state index in [1.165, 1.54) is 0 Å². The van der Waals surface area contributed by atoms with Gasteiger partial charge in [0.25, 0.3) is 5.91 Å². The van der Waals surface area contributed by atoms with E-state index in [1.807, 2.05) is 6.07 Å². The van der Waals surface area contributed by atoms with Gasteiger partial charge in [-0.3, -0.25) is 4.79 Å². The summed E-state index contributed by atoms with van der Waals surface area (Å²) < 4.78 is 0.842. The van der Waals surface area contributed by atoms with Crippen molar-refractivity contribution in [2.75, 3.05) is 5.33 Å². The molecule has 1 N–H and O–H groups in total. The highest BCUT2D eigenvalue weighted by Gasteiger charge is 2.27. The number of amides is 1. The summed E-state index contributed by atoms with van der Waals surface area (Å²) in [7, 11) is 0. The molecule has 0 unspecified atom stereocenters. The highest BCUT2D eigenvalue weighted by atomic mass is 79.9. The summed E-state index contributed by atoms with van der Waals surface area (Å²) >= 11 is 12.9. The molecule has 0 atom stereocenters. The number of hydrogen-bond acceptors (Lipinski definition) is 1. The normalized spacial score (nSPS) is 11.4. The number of carbonyl (C=O) groups is 1. The Morgan fingerprint density at radius 2 is 2.00 bits per heavy atom. The topological polar surface area (TPSA) is 29.1 Å². The Balaban J connectivity index is 2.97. The Kier molecular flexibility index (Phi) is 6.15. The molecule has 1 aromatic rings. The van der Waals surface area contributed by atoms with Crippen LogP contribution in [0.15, 0.2) is 22.7 Å². The summed E-state index contributed by atoms with van der Waals surface area (Å²) in [6.45, 7) is 4.13. The Bertz CT molecular complexity index is 425. The van der Waals surface area contributed by atoms with Crippen molar-refractivity contribution < 1.29 is 4.79 Å². The molecular formula is C13H16Br2ClNO. The highest BCUT2D eigenvalue weighted by Crippen LogP contribution is 2.23. The first-order chi connectivity index (χ1) is 8.48. The lowest BCUT2D eigenvalue weighted by atomic mass is 9.95. The van der Waals surface area contributed by atoms with Gasteiger partial charge in [0.05, 0.1) is 10.6 Å². The number of alkyl halides is 1. The van der Waals surface area contributed by atoms with Gasteiger partial charge < -0.3 is 5.32 Å². The van der Waals surface area contributed by atoms with E-state index < -0.39 is 0 Å². The maximum absolute atomic E-state index is 12.3. The molecule has 2 nitrogen and oxygen atoms in total. The monoisotopic (exact) mass is 395 g/mol. The van der Waals surface area contributed by atoms with Crippen LogP contribution in [0.2, 0.25) is 5.02 Å². The third-order valence-electron chi connectivity index (χ3n) is 3.16. The molecule has 18 heavy (non-hydrogen) atoms. The van der Waals surface area contributed by atoms with Gasteiger partial charge in [-0.05, 0) is 31.0 Å². The van der Waals surface area contributed by atoms with Crippen LogP contribution in [0.1, 0.15) is 37.0 Å². The number of rotatable bonds is 5. The van der Waals surface area contributed by atoms with Crippen molar-refractivity contribution in [1.82, 2.24) is 5.32 Å². The van der Waals surface area contributed by atoms with Crippen LogP contribution in [0, 0.1) is 0 Å². The lowest BCUT2D eigenvalue weighted by Crippen LogP contribution is -2.49. The zero-order valence-corrected chi connectivity index (χ0v) is 14.3. The first kappa shape index (κ1) is 16.0. The van der Waals surface area contributed by atoms with Crippen LogP contribution >= 0.6 is 43.5 Å². The van der Waals surface area contributed by atoms with Crippen LogP contribution in [-0.4, -0.2) is 16.8 Å². The number of halogens is 3. The summed E-state index contributed by atoms with van der Waals surface area (Å²) in [5.74, 6) is -0.135. The Hall–Kier alpha value is -0.0600. The van der Waals surface area contributed by atoms with Crippen molar-refractivity contribution in [3.05, 3.63) is 33.3 Å². The van der Waals surface area contributed by atoms with Crippen molar-refractivity contribution in [1.29, 1.82) is 0 Å². The van der Waals surface area contributed by atoms with E-state index in [9.17, 15) is 4.79 Å². The molecule has 0 spiro atoms. The van der Waals surface area contributed by atoms with Gasteiger partial charge in [-0.25, -0.2) is 0 Å². The van der Waals surface area contributed by atoms with E-state index in [-0.39, 0.29) is 11.4 Å². The Labute approximate surface area is 130 Å². The number of hydrogen-bond donors (Lipinski definition) is 1. The second-order valence-corrected chi connectivity index (χ2v) is 6.08. The van der Waals surface area contributed by atoms with Crippen LogP contribution in [0.3, 0.4) is 0 Å². The third kappa shape index (κ3) is 3.72. The summed E-state index contributed by atoms with van der Waals surface area (Å²) in [6, 6.07) is 5.27. The second-order valence-electron chi connectivity index (χ2n) is 4.20. The summed E-state index contributed by atoms with van der Waals surface area (Å²) in [4.78, 5) is 12.3. The zero-order chi connectivity index (χ0) is 13.8. The lowest BCUT2D eigenvalue weighted by Gasteiger charge is -2.31. The predicted molar refractivity (Wildman–Crippen MR) is 83.7 cm³/mol. The molecule has 0 aliphatic carbocycles. The summed E-state index contributed by atoms with van der Waals surface area (Å²) in [6.07, 6.45) is 1.73. The van der Waals surface area contributed by atoms with Crippen molar-refractivity contribution in [3.63, 3.8) is 0 Å². The minimum Gasteiger partial charge on any atom is -0.346 e. The molecule has 0 saturated heterocycles. The number of nitrogens with one attached hydrogen (secondary N) is 1. The molecule has 0 radical (unpaired) electrons. The molecule has 0 fully saturated rings. The fraction of sp³-hybridized carbons (Fsp3) is 0.462. The fourth-order valence-electron chi connectivity index (χ4n) is 1.63. The molecule has 100 valence electrons. The van der Waals surface area contributed by atoms with Crippen molar-refractivity contribution >= 4 is 49.4 Å². The predicted octanol–water partition coefficient (Wildman–Crippen LogP) is 4.79. The lowest BCUT2D eigenvalue weighted by molar-refractivity contribution is 0.0904. The van der Waals surface area contributed by atoms with Gasteiger partial charge in [0.1, 0.15) is 0 Å². The van der Waals surface area contributed by atoms with Gasteiger partial charge in [0.15, 0.2) is 0 Å². The fourth-order valence-corrected chi connectivity index (χ4v) is 3.13. The van der Waals surface area contributed by atoms with Crippen molar-refractivity contribution in [2.24, 2.45) is 0 Å². The van der Waals surface area contributed by atoms with E-state index in [0.717, 1.165) is 22.6 Å². The number of benzene rings is 1. The summed E-state index contributed by atoms with van der Waals surface area (Å²) in [5, 5.41) is 4.26. The SMILES string of the molecule is CCC(CC)(CBr)NC(=O)c1cc(Br)ccc1Cl. The molecule has 1 aromatic carbocycles. The minimum atomic E-state index is -0.220. The molecule has 0 aliphatic rings. The molecule has 1 rings (SSSR count). The quantitative estimate of drug-likeness (QED) is 0.712. The molecule has 0 bridgehead atoms. The second kappa shape index (κ2) is 6.92. The van der Waals surface area contributed by atoms with E-state index in [2.05, 4.69) is 51.0 Å². The summed E-state index contributed by atoms with van der Waals surface area (Å²) in [5.41, 5.74) is 0.279. The first-order valence-corrected chi connectivity index (χ1v) is 8.10. The van der Waals surface area contributed by atoms with Crippen LogP contribution in [-0.2, 0) is 0 Å². The van der Waals surface area contributed by atoms with Gasteiger partial charge in [-0.2, -0.15) is 0 Å². The molecule has 1 amide bonds. The largest absolute Gasteiger partial charge is 0.346 e. The highest BCUT2D eigenvalue weighted by molar-refractivity contribution is 9.10. The molecule has 0 aromatic heterocycles.